The van der Waals surface area contributed by atoms with Crippen molar-refractivity contribution in [3.63, 3.8) is 0 Å². The first-order valence-corrected chi connectivity index (χ1v) is 7.73. The number of nitrogens with one attached hydrogen (secondary N) is 1. The number of carbonyl (C=O) groups excluding carboxylic acids is 1. The maximum Gasteiger partial charge on any atom is 0.408 e. The highest BCUT2D eigenvalue weighted by Gasteiger charge is 2.41. The molecular weight excluding hydrogens is 298 g/mol. The summed E-state index contributed by atoms with van der Waals surface area (Å²) in [5, 5.41) is 12.1. The molecule has 0 aliphatic heterocycles. The SMILES string of the molecule is Cc1ccc([C@](CC(=O)O)(CC(C)C)NC(=O)OC(C)(C)C)o1. The number of alkyl carbamates (subject to hydrolysis) is 1. The first-order chi connectivity index (χ1) is 10.4. The van der Waals surface area contributed by atoms with E-state index in [4.69, 9.17) is 9.15 Å². The van der Waals surface area contributed by atoms with E-state index in [-0.39, 0.29) is 12.3 Å². The van der Waals surface area contributed by atoms with Crippen LogP contribution < -0.4 is 5.32 Å². The molecule has 0 unspecified atom stereocenters. The number of carbonyl (C=O) groups is 2. The molecule has 6 heteroatoms. The fraction of sp³-hybridized carbons (Fsp3) is 0.647. The summed E-state index contributed by atoms with van der Waals surface area (Å²) >= 11 is 0. The summed E-state index contributed by atoms with van der Waals surface area (Å²) in [5.74, 6) is 0.215. The number of rotatable bonds is 6. The van der Waals surface area contributed by atoms with Gasteiger partial charge in [-0.15, -0.1) is 0 Å². The van der Waals surface area contributed by atoms with Crippen molar-refractivity contribution in [2.75, 3.05) is 0 Å². The van der Waals surface area contributed by atoms with E-state index in [0.29, 0.717) is 17.9 Å². The van der Waals surface area contributed by atoms with Gasteiger partial charge in [0.1, 0.15) is 22.7 Å². The number of hydrogen-bond donors (Lipinski definition) is 2. The molecule has 2 N–H and O–H groups in total. The van der Waals surface area contributed by atoms with Crippen molar-refractivity contribution in [2.24, 2.45) is 5.92 Å². The molecule has 1 heterocycles. The fourth-order valence-electron chi connectivity index (χ4n) is 2.56. The Hall–Kier alpha value is -1.98. The second-order valence-corrected chi connectivity index (χ2v) is 7.29. The first kappa shape index (κ1) is 19.1. The van der Waals surface area contributed by atoms with E-state index in [0.717, 1.165) is 0 Å². The smallest absolute Gasteiger partial charge is 0.408 e. The molecule has 1 amide bonds. The Morgan fingerprint density at radius 1 is 1.30 bits per heavy atom. The summed E-state index contributed by atoms with van der Waals surface area (Å²) in [6.45, 7) is 11.0. The van der Waals surface area contributed by atoms with Crippen LogP contribution in [0.4, 0.5) is 4.79 Å². The van der Waals surface area contributed by atoms with Crippen molar-refractivity contribution in [1.29, 1.82) is 0 Å². The molecule has 0 aliphatic carbocycles. The number of aryl methyl sites for hydroxylation is 1. The van der Waals surface area contributed by atoms with E-state index in [1.807, 2.05) is 13.8 Å². The van der Waals surface area contributed by atoms with E-state index in [9.17, 15) is 14.7 Å². The number of ether oxygens (including phenoxy) is 1. The van der Waals surface area contributed by atoms with Gasteiger partial charge in [-0.25, -0.2) is 4.79 Å². The molecule has 23 heavy (non-hydrogen) atoms. The minimum absolute atomic E-state index is 0.148. The van der Waals surface area contributed by atoms with E-state index in [1.165, 1.54) is 0 Å². The van der Waals surface area contributed by atoms with Crippen LogP contribution in [0.3, 0.4) is 0 Å². The van der Waals surface area contributed by atoms with Gasteiger partial charge in [0, 0.05) is 0 Å². The molecule has 0 bridgehead atoms. The Balaban J connectivity index is 3.20. The van der Waals surface area contributed by atoms with Crippen molar-refractivity contribution in [2.45, 2.75) is 65.5 Å². The van der Waals surface area contributed by atoms with Crippen LogP contribution in [0.15, 0.2) is 16.5 Å². The Morgan fingerprint density at radius 3 is 2.30 bits per heavy atom. The third-order valence-electron chi connectivity index (χ3n) is 3.16. The number of hydrogen-bond acceptors (Lipinski definition) is 4. The molecule has 0 saturated carbocycles. The van der Waals surface area contributed by atoms with Crippen molar-refractivity contribution >= 4 is 12.1 Å². The van der Waals surface area contributed by atoms with E-state index in [2.05, 4.69) is 5.32 Å². The lowest BCUT2D eigenvalue weighted by atomic mass is 9.83. The minimum Gasteiger partial charge on any atom is -0.481 e. The molecule has 0 spiro atoms. The molecule has 1 aromatic heterocycles. The van der Waals surface area contributed by atoms with E-state index in [1.54, 1.807) is 39.8 Å². The van der Waals surface area contributed by atoms with Crippen LogP contribution in [-0.4, -0.2) is 22.8 Å². The number of carboxylic acids is 1. The van der Waals surface area contributed by atoms with Crippen molar-refractivity contribution in [3.05, 3.63) is 23.7 Å². The van der Waals surface area contributed by atoms with Gasteiger partial charge in [0.25, 0.3) is 0 Å². The maximum absolute atomic E-state index is 12.2. The lowest BCUT2D eigenvalue weighted by molar-refractivity contribution is -0.139. The molecule has 1 rings (SSSR count). The summed E-state index contributed by atoms with van der Waals surface area (Å²) in [7, 11) is 0. The number of furan rings is 1. The Morgan fingerprint density at radius 2 is 1.91 bits per heavy atom. The molecule has 6 nitrogen and oxygen atoms in total. The highest BCUT2D eigenvalue weighted by atomic mass is 16.6. The lowest BCUT2D eigenvalue weighted by Gasteiger charge is -2.34. The van der Waals surface area contributed by atoms with Gasteiger partial charge in [0.05, 0.1) is 6.42 Å². The predicted molar refractivity (Wildman–Crippen MR) is 86.2 cm³/mol. The van der Waals surface area contributed by atoms with Gasteiger partial charge in [0.15, 0.2) is 0 Å². The summed E-state index contributed by atoms with van der Waals surface area (Å²) in [4.78, 5) is 23.7. The molecule has 0 aliphatic rings. The third-order valence-corrected chi connectivity index (χ3v) is 3.16. The van der Waals surface area contributed by atoms with Gasteiger partial charge in [-0.2, -0.15) is 0 Å². The summed E-state index contributed by atoms with van der Waals surface area (Å²) in [6, 6.07) is 3.46. The predicted octanol–water partition coefficient (Wildman–Crippen LogP) is 3.83. The van der Waals surface area contributed by atoms with Crippen molar-refractivity contribution in [1.82, 2.24) is 5.32 Å². The highest BCUT2D eigenvalue weighted by molar-refractivity contribution is 5.73. The van der Waals surface area contributed by atoms with Gasteiger partial charge in [0.2, 0.25) is 0 Å². The van der Waals surface area contributed by atoms with Crippen molar-refractivity contribution in [3.8, 4) is 0 Å². The van der Waals surface area contributed by atoms with Crippen LogP contribution in [0.25, 0.3) is 0 Å². The zero-order chi connectivity index (χ0) is 17.8. The highest BCUT2D eigenvalue weighted by Crippen LogP contribution is 2.34. The van der Waals surface area contributed by atoms with Gasteiger partial charge in [-0.05, 0) is 52.2 Å². The van der Waals surface area contributed by atoms with Crippen LogP contribution in [0, 0.1) is 12.8 Å². The molecule has 1 atom stereocenters. The molecule has 0 saturated heterocycles. The normalized spacial score (nSPS) is 14.4. The first-order valence-electron chi connectivity index (χ1n) is 7.73. The maximum atomic E-state index is 12.2. The van der Waals surface area contributed by atoms with E-state index >= 15 is 0 Å². The quantitative estimate of drug-likeness (QED) is 0.829. The number of amides is 1. The van der Waals surface area contributed by atoms with Crippen LogP contribution in [0.5, 0.6) is 0 Å². The minimum atomic E-state index is -1.14. The number of aliphatic carboxylic acids is 1. The molecule has 0 radical (unpaired) electrons. The Labute approximate surface area is 137 Å². The molecule has 0 aromatic carbocycles. The second kappa shape index (κ2) is 7.06. The summed E-state index contributed by atoms with van der Waals surface area (Å²) < 4.78 is 10.9. The molecular formula is C17H27NO5. The second-order valence-electron chi connectivity index (χ2n) is 7.29. The van der Waals surface area contributed by atoms with Gasteiger partial charge in [-0.1, -0.05) is 13.8 Å². The largest absolute Gasteiger partial charge is 0.481 e. The van der Waals surface area contributed by atoms with Crippen molar-refractivity contribution < 1.29 is 23.8 Å². The number of carboxylic acid groups (broad SMARTS) is 1. The Kier molecular flexibility index (Phi) is 5.86. The topological polar surface area (TPSA) is 88.8 Å². The third kappa shape index (κ3) is 5.96. The molecule has 130 valence electrons. The standard InChI is InChI=1S/C17H27NO5/c1-11(2)9-17(10-14(19)20,13-8-7-12(3)22-13)18-15(21)23-16(4,5)6/h7-8,11H,9-10H2,1-6H3,(H,18,21)(H,19,20)/t17-/m1/s1. The van der Waals surface area contributed by atoms with Gasteiger partial charge in [-0.3, -0.25) is 4.79 Å². The van der Waals surface area contributed by atoms with Crippen LogP contribution >= 0.6 is 0 Å². The zero-order valence-corrected chi connectivity index (χ0v) is 14.7. The monoisotopic (exact) mass is 325 g/mol. The van der Waals surface area contributed by atoms with Gasteiger partial charge < -0.3 is 19.6 Å². The average molecular weight is 325 g/mol. The molecule has 0 fully saturated rings. The van der Waals surface area contributed by atoms with E-state index < -0.39 is 23.2 Å². The van der Waals surface area contributed by atoms with Crippen LogP contribution in [0.2, 0.25) is 0 Å². The van der Waals surface area contributed by atoms with Crippen LogP contribution in [0.1, 0.15) is 59.0 Å². The van der Waals surface area contributed by atoms with Gasteiger partial charge >= 0.3 is 12.1 Å². The molecule has 1 aromatic rings. The average Bonchev–Trinajstić information content (AvgIpc) is 2.71. The summed E-state index contributed by atoms with van der Waals surface area (Å²) in [6.07, 6.45) is -0.517. The summed E-state index contributed by atoms with van der Waals surface area (Å²) in [5.41, 5.74) is -1.81. The fourth-order valence-corrected chi connectivity index (χ4v) is 2.56. The lowest BCUT2D eigenvalue weighted by Crippen LogP contribution is -2.49. The zero-order valence-electron chi connectivity index (χ0n) is 14.7. The Bertz CT molecular complexity index is 556. The van der Waals surface area contributed by atoms with Crippen LogP contribution in [-0.2, 0) is 15.1 Å².